The SMILES string of the molecule is NC/C(=N\N=C(N)N)c1ccc(-c2ccc(OCc3ccccc3)cc2)cc1. The Morgan fingerprint density at radius 1 is 0.750 bits per heavy atom. The molecule has 28 heavy (non-hydrogen) atoms. The second-order valence-electron chi connectivity index (χ2n) is 6.15. The molecule has 0 unspecified atom stereocenters. The van der Waals surface area contributed by atoms with E-state index in [9.17, 15) is 0 Å². The van der Waals surface area contributed by atoms with Crippen LogP contribution in [0.25, 0.3) is 11.1 Å². The molecule has 0 saturated carbocycles. The van der Waals surface area contributed by atoms with E-state index in [4.69, 9.17) is 21.9 Å². The third-order valence-corrected chi connectivity index (χ3v) is 4.13. The van der Waals surface area contributed by atoms with E-state index >= 15 is 0 Å². The number of nitrogens with zero attached hydrogens (tertiary/aromatic N) is 2. The zero-order valence-corrected chi connectivity index (χ0v) is 15.5. The van der Waals surface area contributed by atoms with Gasteiger partial charge in [0.05, 0.1) is 5.71 Å². The Bertz CT molecular complexity index is 944. The lowest BCUT2D eigenvalue weighted by Crippen LogP contribution is -2.22. The fraction of sp³-hybridized carbons (Fsp3) is 0.0909. The Balaban J connectivity index is 1.68. The van der Waals surface area contributed by atoms with Gasteiger partial charge in [-0.1, -0.05) is 66.7 Å². The molecule has 0 aliphatic heterocycles. The molecule has 0 fully saturated rings. The predicted octanol–water partition coefficient (Wildman–Crippen LogP) is 2.87. The fourth-order valence-electron chi connectivity index (χ4n) is 2.67. The van der Waals surface area contributed by atoms with Gasteiger partial charge in [-0.25, -0.2) is 0 Å². The van der Waals surface area contributed by atoms with Crippen molar-refractivity contribution in [2.24, 2.45) is 27.4 Å². The van der Waals surface area contributed by atoms with Crippen molar-refractivity contribution in [3.8, 4) is 16.9 Å². The second-order valence-corrected chi connectivity index (χ2v) is 6.15. The largest absolute Gasteiger partial charge is 0.489 e. The molecule has 6 N–H and O–H groups in total. The van der Waals surface area contributed by atoms with Crippen molar-refractivity contribution >= 4 is 11.7 Å². The number of ether oxygens (including phenoxy) is 1. The lowest BCUT2D eigenvalue weighted by atomic mass is 10.0. The summed E-state index contributed by atoms with van der Waals surface area (Å²) in [5, 5.41) is 7.65. The predicted molar refractivity (Wildman–Crippen MR) is 114 cm³/mol. The minimum atomic E-state index is -0.0999. The molecule has 6 heteroatoms. The highest BCUT2D eigenvalue weighted by atomic mass is 16.5. The van der Waals surface area contributed by atoms with Crippen LogP contribution in [0, 0.1) is 0 Å². The van der Waals surface area contributed by atoms with Gasteiger partial charge in [0.2, 0.25) is 5.96 Å². The molecule has 0 aliphatic carbocycles. The molecule has 0 heterocycles. The minimum absolute atomic E-state index is 0.0999. The number of hydrogen-bond acceptors (Lipinski definition) is 4. The van der Waals surface area contributed by atoms with Gasteiger partial charge in [0.15, 0.2) is 0 Å². The maximum absolute atomic E-state index is 5.83. The molecule has 0 bridgehead atoms. The Morgan fingerprint density at radius 2 is 1.36 bits per heavy atom. The van der Waals surface area contributed by atoms with Crippen LogP contribution >= 0.6 is 0 Å². The molecule has 0 spiro atoms. The van der Waals surface area contributed by atoms with E-state index in [0.717, 1.165) is 28.0 Å². The number of nitrogens with two attached hydrogens (primary N) is 3. The standard InChI is InChI=1S/C22H23N5O/c23-14-21(26-27-22(24)25)19-8-6-17(7-9-19)18-10-12-20(13-11-18)28-15-16-4-2-1-3-5-16/h1-13H,14-15,23H2,(H4,24,25,27)/b26-21+. The summed E-state index contributed by atoms with van der Waals surface area (Å²) in [6.45, 7) is 0.787. The molecular weight excluding hydrogens is 350 g/mol. The number of guanidine groups is 1. The quantitative estimate of drug-likeness (QED) is 0.336. The van der Waals surface area contributed by atoms with E-state index in [1.807, 2.05) is 78.9 Å². The first kappa shape index (κ1) is 19.1. The smallest absolute Gasteiger partial charge is 0.211 e. The minimum Gasteiger partial charge on any atom is -0.489 e. The highest BCUT2D eigenvalue weighted by molar-refractivity contribution is 6.02. The average Bonchev–Trinajstić information content (AvgIpc) is 2.74. The fourth-order valence-corrected chi connectivity index (χ4v) is 2.67. The van der Waals surface area contributed by atoms with Crippen molar-refractivity contribution in [1.29, 1.82) is 0 Å². The third kappa shape index (κ3) is 5.18. The van der Waals surface area contributed by atoms with Crippen LogP contribution in [0.5, 0.6) is 5.75 Å². The summed E-state index contributed by atoms with van der Waals surface area (Å²) in [6, 6.07) is 26.0. The molecule has 142 valence electrons. The molecule has 0 atom stereocenters. The van der Waals surface area contributed by atoms with Crippen LogP contribution in [0.2, 0.25) is 0 Å². The van der Waals surface area contributed by atoms with Crippen LogP contribution in [0.3, 0.4) is 0 Å². The van der Waals surface area contributed by atoms with Crippen LogP contribution in [0.1, 0.15) is 11.1 Å². The van der Waals surface area contributed by atoms with Crippen LogP contribution in [0.15, 0.2) is 89.1 Å². The molecule has 3 aromatic carbocycles. The highest BCUT2D eigenvalue weighted by Crippen LogP contribution is 2.23. The van der Waals surface area contributed by atoms with Crippen LogP contribution in [-0.4, -0.2) is 18.2 Å². The molecule has 0 saturated heterocycles. The van der Waals surface area contributed by atoms with E-state index in [1.165, 1.54) is 0 Å². The van der Waals surface area contributed by atoms with E-state index in [2.05, 4.69) is 10.2 Å². The van der Waals surface area contributed by atoms with Gasteiger partial charge in [0.25, 0.3) is 0 Å². The van der Waals surface area contributed by atoms with Crippen LogP contribution in [-0.2, 0) is 6.61 Å². The zero-order valence-electron chi connectivity index (χ0n) is 15.5. The molecule has 0 amide bonds. The zero-order chi connectivity index (χ0) is 19.8. The van der Waals surface area contributed by atoms with Crippen molar-refractivity contribution in [1.82, 2.24) is 0 Å². The van der Waals surface area contributed by atoms with Gasteiger partial charge >= 0.3 is 0 Å². The molecule has 0 aliphatic rings. The van der Waals surface area contributed by atoms with E-state index in [-0.39, 0.29) is 12.5 Å². The summed E-state index contributed by atoms with van der Waals surface area (Å²) < 4.78 is 5.83. The van der Waals surface area contributed by atoms with Crippen LogP contribution < -0.4 is 21.9 Å². The molecule has 0 radical (unpaired) electrons. The topological polar surface area (TPSA) is 112 Å². The first-order chi connectivity index (χ1) is 13.7. The monoisotopic (exact) mass is 373 g/mol. The highest BCUT2D eigenvalue weighted by Gasteiger charge is 2.04. The van der Waals surface area contributed by atoms with Crippen molar-refractivity contribution in [2.75, 3.05) is 6.54 Å². The summed E-state index contributed by atoms with van der Waals surface area (Å²) in [7, 11) is 0. The van der Waals surface area contributed by atoms with Gasteiger partial charge in [0, 0.05) is 6.54 Å². The molecule has 6 nitrogen and oxygen atoms in total. The maximum Gasteiger partial charge on any atom is 0.211 e. The molecule has 3 rings (SSSR count). The van der Waals surface area contributed by atoms with Gasteiger partial charge < -0.3 is 21.9 Å². The second kappa shape index (κ2) is 9.34. The molecule has 3 aromatic rings. The van der Waals surface area contributed by atoms with Crippen molar-refractivity contribution in [3.05, 3.63) is 90.0 Å². The lowest BCUT2D eigenvalue weighted by Gasteiger charge is -2.08. The van der Waals surface area contributed by atoms with Gasteiger partial charge in [-0.05, 0) is 34.4 Å². The summed E-state index contributed by atoms with van der Waals surface area (Å²) in [5.74, 6) is 0.733. The van der Waals surface area contributed by atoms with Gasteiger partial charge in [-0.15, -0.1) is 5.10 Å². The summed E-state index contributed by atoms with van der Waals surface area (Å²) in [4.78, 5) is 0. The third-order valence-electron chi connectivity index (χ3n) is 4.13. The van der Waals surface area contributed by atoms with E-state index in [0.29, 0.717) is 12.3 Å². The van der Waals surface area contributed by atoms with Crippen molar-refractivity contribution in [2.45, 2.75) is 6.61 Å². The van der Waals surface area contributed by atoms with Crippen molar-refractivity contribution in [3.63, 3.8) is 0 Å². The van der Waals surface area contributed by atoms with Gasteiger partial charge in [-0.2, -0.15) is 5.10 Å². The number of hydrogen-bond donors (Lipinski definition) is 3. The van der Waals surface area contributed by atoms with Crippen LogP contribution in [0.4, 0.5) is 0 Å². The Morgan fingerprint density at radius 3 is 1.93 bits per heavy atom. The first-order valence-corrected chi connectivity index (χ1v) is 8.89. The Kier molecular flexibility index (Phi) is 6.38. The average molecular weight is 373 g/mol. The normalized spacial score (nSPS) is 11.1. The Labute approximate surface area is 164 Å². The summed E-state index contributed by atoms with van der Waals surface area (Å²) in [5.41, 5.74) is 21.2. The number of benzene rings is 3. The summed E-state index contributed by atoms with van der Waals surface area (Å²) in [6.07, 6.45) is 0. The Hall–Kier alpha value is -3.64. The van der Waals surface area contributed by atoms with Gasteiger partial charge in [0.1, 0.15) is 12.4 Å². The maximum atomic E-state index is 5.83. The van der Waals surface area contributed by atoms with Gasteiger partial charge in [-0.3, -0.25) is 0 Å². The van der Waals surface area contributed by atoms with Crippen molar-refractivity contribution < 1.29 is 4.74 Å². The van der Waals surface area contributed by atoms with E-state index in [1.54, 1.807) is 0 Å². The summed E-state index contributed by atoms with van der Waals surface area (Å²) >= 11 is 0. The first-order valence-electron chi connectivity index (χ1n) is 8.89. The number of rotatable bonds is 7. The van der Waals surface area contributed by atoms with E-state index < -0.39 is 0 Å². The molecular formula is C22H23N5O. The molecule has 0 aromatic heterocycles. The lowest BCUT2D eigenvalue weighted by molar-refractivity contribution is 0.306.